The van der Waals surface area contributed by atoms with Crippen LogP contribution in [-0.2, 0) is 6.54 Å². The predicted molar refractivity (Wildman–Crippen MR) is 70.5 cm³/mol. The van der Waals surface area contributed by atoms with E-state index in [4.69, 9.17) is 0 Å². The van der Waals surface area contributed by atoms with E-state index in [9.17, 15) is 13.2 Å². The number of anilines is 1. The highest BCUT2D eigenvalue weighted by Crippen LogP contribution is 2.21. The molecule has 0 amide bonds. The zero-order valence-corrected chi connectivity index (χ0v) is 11.5. The van der Waals surface area contributed by atoms with E-state index in [2.05, 4.69) is 15.5 Å². The third-order valence-electron chi connectivity index (χ3n) is 3.04. The average Bonchev–Trinajstić information content (AvgIpc) is 3.19. The number of aromatic nitrogens is 2. The van der Waals surface area contributed by atoms with Crippen LogP contribution in [0.25, 0.3) is 0 Å². The molecule has 0 bridgehead atoms. The maximum absolute atomic E-state index is 12.5. The van der Waals surface area contributed by atoms with Gasteiger partial charge in [-0.15, -0.1) is 5.10 Å². The Morgan fingerprint density at radius 3 is 2.55 bits per heavy atom. The summed E-state index contributed by atoms with van der Waals surface area (Å²) in [5.41, 5.74) is 0.754. The van der Waals surface area contributed by atoms with Crippen LogP contribution in [0.15, 0.2) is 12.1 Å². The summed E-state index contributed by atoms with van der Waals surface area (Å²) in [6, 6.07) is 3.91. The average molecular weight is 288 g/mol. The summed E-state index contributed by atoms with van der Waals surface area (Å²) < 4.78 is 37.5. The SMILES string of the molecule is CCCN(CC(F)(F)F)c1ccc(CNC2CC2)nn1. The normalized spacial score (nSPS) is 15.4. The van der Waals surface area contributed by atoms with E-state index in [0.29, 0.717) is 25.6 Å². The Hall–Kier alpha value is -1.37. The number of halogens is 3. The van der Waals surface area contributed by atoms with Crippen molar-refractivity contribution in [1.29, 1.82) is 0 Å². The van der Waals surface area contributed by atoms with Gasteiger partial charge in [-0.1, -0.05) is 6.92 Å². The molecule has 0 radical (unpaired) electrons. The second-order valence-corrected chi connectivity index (χ2v) is 5.07. The summed E-state index contributed by atoms with van der Waals surface area (Å²) in [6.07, 6.45) is -1.24. The van der Waals surface area contributed by atoms with Crippen LogP contribution >= 0.6 is 0 Å². The Morgan fingerprint density at radius 2 is 2.05 bits per heavy atom. The smallest absolute Gasteiger partial charge is 0.346 e. The number of alkyl halides is 3. The maximum atomic E-state index is 12.5. The first-order valence-corrected chi connectivity index (χ1v) is 6.85. The van der Waals surface area contributed by atoms with Gasteiger partial charge in [0.2, 0.25) is 0 Å². The molecule has 2 rings (SSSR count). The number of nitrogens with zero attached hydrogens (tertiary/aromatic N) is 3. The monoisotopic (exact) mass is 288 g/mol. The van der Waals surface area contributed by atoms with E-state index < -0.39 is 12.7 Å². The zero-order valence-electron chi connectivity index (χ0n) is 11.5. The lowest BCUT2D eigenvalue weighted by atomic mass is 10.3. The highest BCUT2D eigenvalue weighted by Gasteiger charge is 2.31. The third kappa shape index (κ3) is 4.96. The Morgan fingerprint density at radius 1 is 1.30 bits per heavy atom. The van der Waals surface area contributed by atoms with Gasteiger partial charge in [0.25, 0.3) is 0 Å². The van der Waals surface area contributed by atoms with E-state index in [1.54, 1.807) is 12.1 Å². The molecule has 1 aliphatic carbocycles. The third-order valence-corrected chi connectivity index (χ3v) is 3.04. The Kier molecular flexibility index (Phi) is 4.80. The van der Waals surface area contributed by atoms with E-state index in [-0.39, 0.29) is 5.82 Å². The van der Waals surface area contributed by atoms with Crippen LogP contribution in [0.3, 0.4) is 0 Å². The topological polar surface area (TPSA) is 41.0 Å². The largest absolute Gasteiger partial charge is 0.405 e. The van der Waals surface area contributed by atoms with E-state index in [0.717, 1.165) is 5.69 Å². The van der Waals surface area contributed by atoms with Crippen molar-refractivity contribution in [2.75, 3.05) is 18.0 Å². The highest BCUT2D eigenvalue weighted by molar-refractivity contribution is 5.37. The van der Waals surface area contributed by atoms with Crippen LogP contribution in [0.2, 0.25) is 0 Å². The van der Waals surface area contributed by atoms with Crippen LogP contribution in [0.4, 0.5) is 19.0 Å². The van der Waals surface area contributed by atoms with Crippen LogP contribution in [0.5, 0.6) is 0 Å². The molecule has 0 atom stereocenters. The summed E-state index contributed by atoms with van der Waals surface area (Å²) in [6.45, 7) is 1.78. The Bertz CT molecular complexity index is 415. The summed E-state index contributed by atoms with van der Waals surface area (Å²) in [4.78, 5) is 1.21. The van der Waals surface area contributed by atoms with Crippen molar-refractivity contribution < 1.29 is 13.2 Å². The fraction of sp³-hybridized carbons (Fsp3) is 0.692. The highest BCUT2D eigenvalue weighted by atomic mass is 19.4. The first-order chi connectivity index (χ1) is 9.48. The van der Waals surface area contributed by atoms with Crippen molar-refractivity contribution in [2.24, 2.45) is 0 Å². The molecular formula is C13H19F3N4. The van der Waals surface area contributed by atoms with Gasteiger partial charge in [-0.2, -0.15) is 18.3 Å². The van der Waals surface area contributed by atoms with Gasteiger partial charge in [0, 0.05) is 19.1 Å². The minimum Gasteiger partial charge on any atom is -0.346 e. The summed E-state index contributed by atoms with van der Waals surface area (Å²) >= 11 is 0. The molecular weight excluding hydrogens is 269 g/mol. The molecule has 0 aliphatic heterocycles. The molecule has 1 fully saturated rings. The lowest BCUT2D eigenvalue weighted by molar-refractivity contribution is -0.119. The number of rotatable bonds is 7. The standard InChI is InChI=1S/C13H19F3N4/c1-2-7-20(9-13(14,15)16)12-6-5-11(18-19-12)8-17-10-3-4-10/h5-6,10,17H,2-4,7-9H2,1H3. The van der Waals surface area contributed by atoms with Gasteiger partial charge in [0.15, 0.2) is 5.82 Å². The van der Waals surface area contributed by atoms with Gasteiger partial charge >= 0.3 is 6.18 Å². The molecule has 112 valence electrons. The van der Waals surface area contributed by atoms with Crippen LogP contribution in [-0.4, -0.2) is 35.5 Å². The predicted octanol–water partition coefficient (Wildman–Crippen LogP) is 2.51. The van der Waals surface area contributed by atoms with Gasteiger partial charge in [-0.25, -0.2) is 0 Å². The van der Waals surface area contributed by atoms with E-state index >= 15 is 0 Å². The second-order valence-electron chi connectivity index (χ2n) is 5.07. The van der Waals surface area contributed by atoms with Crippen LogP contribution < -0.4 is 10.2 Å². The lowest BCUT2D eigenvalue weighted by Crippen LogP contribution is -2.35. The molecule has 0 aromatic carbocycles. The van der Waals surface area contributed by atoms with Crippen molar-refractivity contribution in [3.63, 3.8) is 0 Å². The van der Waals surface area contributed by atoms with E-state index in [1.807, 2.05) is 6.92 Å². The fourth-order valence-corrected chi connectivity index (χ4v) is 1.91. The molecule has 1 aromatic heterocycles. The molecule has 1 saturated carbocycles. The van der Waals surface area contributed by atoms with Crippen LogP contribution in [0, 0.1) is 0 Å². The number of nitrogens with one attached hydrogen (secondary N) is 1. The van der Waals surface area contributed by atoms with Crippen molar-refractivity contribution in [3.8, 4) is 0 Å². The van der Waals surface area contributed by atoms with Crippen LogP contribution in [0.1, 0.15) is 31.9 Å². The lowest BCUT2D eigenvalue weighted by Gasteiger charge is -2.23. The molecule has 1 heterocycles. The van der Waals surface area contributed by atoms with Gasteiger partial charge in [-0.3, -0.25) is 0 Å². The Balaban J connectivity index is 1.96. The minimum atomic E-state index is -4.23. The van der Waals surface area contributed by atoms with Crippen molar-refractivity contribution in [3.05, 3.63) is 17.8 Å². The molecule has 20 heavy (non-hydrogen) atoms. The molecule has 0 spiro atoms. The summed E-state index contributed by atoms with van der Waals surface area (Å²) in [7, 11) is 0. The zero-order chi connectivity index (χ0) is 14.6. The molecule has 0 unspecified atom stereocenters. The maximum Gasteiger partial charge on any atom is 0.405 e. The molecule has 7 heteroatoms. The van der Waals surface area contributed by atoms with Gasteiger partial charge < -0.3 is 10.2 Å². The minimum absolute atomic E-state index is 0.277. The van der Waals surface area contributed by atoms with Gasteiger partial charge in [0.1, 0.15) is 6.54 Å². The Labute approximate surface area is 116 Å². The second kappa shape index (κ2) is 6.39. The number of hydrogen-bond acceptors (Lipinski definition) is 4. The first kappa shape index (κ1) is 15.0. The van der Waals surface area contributed by atoms with Gasteiger partial charge in [0.05, 0.1) is 5.69 Å². The molecule has 0 saturated heterocycles. The summed E-state index contributed by atoms with van der Waals surface area (Å²) in [5, 5.41) is 11.2. The first-order valence-electron chi connectivity index (χ1n) is 6.85. The van der Waals surface area contributed by atoms with Crippen molar-refractivity contribution in [1.82, 2.24) is 15.5 Å². The molecule has 1 aromatic rings. The summed E-state index contributed by atoms with van der Waals surface area (Å²) in [5.74, 6) is 0.277. The fourth-order valence-electron chi connectivity index (χ4n) is 1.91. The van der Waals surface area contributed by atoms with Crippen molar-refractivity contribution >= 4 is 5.82 Å². The molecule has 1 aliphatic rings. The molecule has 4 nitrogen and oxygen atoms in total. The number of hydrogen-bond donors (Lipinski definition) is 1. The van der Waals surface area contributed by atoms with Crippen molar-refractivity contribution in [2.45, 2.75) is 44.9 Å². The van der Waals surface area contributed by atoms with E-state index in [1.165, 1.54) is 17.7 Å². The quantitative estimate of drug-likeness (QED) is 0.837. The molecule has 1 N–H and O–H groups in total. The van der Waals surface area contributed by atoms with Gasteiger partial charge in [-0.05, 0) is 31.4 Å².